The Bertz CT molecular complexity index is 932. The number of hydrogen-bond donors (Lipinski definition) is 0. The van der Waals surface area contributed by atoms with E-state index < -0.39 is 17.8 Å². The van der Waals surface area contributed by atoms with E-state index in [0.717, 1.165) is 17.7 Å². The maximum Gasteiger partial charge on any atom is 0.338 e. The van der Waals surface area contributed by atoms with Crippen molar-refractivity contribution >= 4 is 35.1 Å². The van der Waals surface area contributed by atoms with Crippen molar-refractivity contribution in [3.05, 3.63) is 64.2 Å². The molecule has 4 rings (SSSR count). The molecule has 2 aromatic rings. The zero-order valence-electron chi connectivity index (χ0n) is 15.3. The van der Waals surface area contributed by atoms with Gasteiger partial charge in [-0.25, -0.2) is 9.69 Å². The quantitative estimate of drug-likeness (QED) is 0.545. The summed E-state index contributed by atoms with van der Waals surface area (Å²) in [5, 5.41) is 0.517. The van der Waals surface area contributed by atoms with E-state index in [1.165, 1.54) is 31.4 Å². The molecule has 28 heavy (non-hydrogen) atoms. The summed E-state index contributed by atoms with van der Waals surface area (Å²) in [7, 11) is 0. The number of anilines is 1. The van der Waals surface area contributed by atoms with E-state index in [0.29, 0.717) is 23.2 Å². The molecule has 0 N–H and O–H groups in total. The molecule has 0 saturated heterocycles. The van der Waals surface area contributed by atoms with Crippen molar-refractivity contribution in [3.8, 4) is 0 Å². The van der Waals surface area contributed by atoms with Crippen LogP contribution in [0.1, 0.15) is 63.2 Å². The molecule has 1 aliphatic heterocycles. The second-order valence-corrected chi connectivity index (χ2v) is 7.72. The lowest BCUT2D eigenvalue weighted by Gasteiger charge is -2.21. The first-order valence-electron chi connectivity index (χ1n) is 9.50. The summed E-state index contributed by atoms with van der Waals surface area (Å²) in [5.41, 5.74) is 1.22. The fourth-order valence-electron chi connectivity index (χ4n) is 3.82. The van der Waals surface area contributed by atoms with Crippen molar-refractivity contribution in [1.82, 2.24) is 0 Å². The highest BCUT2D eigenvalue weighted by atomic mass is 35.5. The summed E-state index contributed by atoms with van der Waals surface area (Å²) in [5.74, 6) is -0.914. The maximum absolute atomic E-state index is 12.8. The molecule has 144 valence electrons. The lowest BCUT2D eigenvalue weighted by Crippen LogP contribution is -2.29. The summed E-state index contributed by atoms with van der Waals surface area (Å²) >= 11 is 5.88. The molecule has 2 amide bonds. The van der Waals surface area contributed by atoms with E-state index in [1.54, 1.807) is 30.3 Å². The number of amides is 2. The minimum atomic E-state index is -0.460. The number of carbonyl (C=O) groups is 3. The summed E-state index contributed by atoms with van der Waals surface area (Å²) in [6.45, 7) is 0.402. The van der Waals surface area contributed by atoms with Crippen LogP contribution in [0, 0.1) is 5.92 Å². The van der Waals surface area contributed by atoms with Gasteiger partial charge in [0.05, 0.1) is 29.0 Å². The van der Waals surface area contributed by atoms with E-state index in [1.807, 2.05) is 0 Å². The third-order valence-corrected chi connectivity index (χ3v) is 5.63. The second-order valence-electron chi connectivity index (χ2n) is 7.28. The van der Waals surface area contributed by atoms with E-state index in [9.17, 15) is 14.4 Å². The zero-order valence-corrected chi connectivity index (χ0v) is 16.1. The van der Waals surface area contributed by atoms with Gasteiger partial charge in [-0.2, -0.15) is 0 Å². The van der Waals surface area contributed by atoms with E-state index >= 15 is 0 Å². The fourth-order valence-corrected chi connectivity index (χ4v) is 3.95. The van der Waals surface area contributed by atoms with Crippen LogP contribution in [-0.4, -0.2) is 24.4 Å². The van der Waals surface area contributed by atoms with Crippen molar-refractivity contribution in [3.63, 3.8) is 0 Å². The number of nitrogens with zero attached hydrogens (tertiary/aromatic N) is 1. The van der Waals surface area contributed by atoms with Crippen LogP contribution >= 0.6 is 11.6 Å². The van der Waals surface area contributed by atoms with E-state index in [4.69, 9.17) is 16.3 Å². The normalized spacial score (nSPS) is 17.0. The van der Waals surface area contributed by atoms with Crippen LogP contribution in [0.2, 0.25) is 5.02 Å². The van der Waals surface area contributed by atoms with Crippen LogP contribution in [-0.2, 0) is 4.74 Å². The highest BCUT2D eigenvalue weighted by Crippen LogP contribution is 2.30. The number of fused-ring (bicyclic) bond motifs is 1. The third-order valence-electron chi connectivity index (χ3n) is 5.38. The number of carbonyl (C=O) groups excluding carboxylic acids is 3. The summed E-state index contributed by atoms with van der Waals surface area (Å²) in [4.78, 5) is 39.0. The van der Waals surface area contributed by atoms with Crippen LogP contribution < -0.4 is 4.90 Å². The fraction of sp³-hybridized carbons (Fsp3) is 0.318. The van der Waals surface area contributed by atoms with Gasteiger partial charge < -0.3 is 4.74 Å². The van der Waals surface area contributed by atoms with Gasteiger partial charge in [-0.15, -0.1) is 0 Å². The standard InChI is InChI=1S/C22H20ClNO4/c23-16-7-9-17(10-8-16)24-20(25)18-11-6-15(12-19(18)21(24)26)22(27)28-13-14-4-2-1-3-5-14/h6-12,14H,1-5,13H2. The van der Waals surface area contributed by atoms with Crippen LogP contribution in [0.3, 0.4) is 0 Å². The number of ether oxygens (including phenoxy) is 1. The monoisotopic (exact) mass is 397 g/mol. The largest absolute Gasteiger partial charge is 0.462 e. The smallest absolute Gasteiger partial charge is 0.338 e. The van der Waals surface area contributed by atoms with Gasteiger partial charge in [0.1, 0.15) is 0 Å². The number of rotatable bonds is 4. The first kappa shape index (κ1) is 18.7. The summed E-state index contributed by atoms with van der Waals surface area (Å²) in [6, 6.07) is 11.0. The van der Waals surface area contributed by atoms with Crippen molar-refractivity contribution in [2.75, 3.05) is 11.5 Å². The lowest BCUT2D eigenvalue weighted by molar-refractivity contribution is 0.0410. The van der Waals surface area contributed by atoms with Gasteiger partial charge in [0, 0.05) is 5.02 Å². The Labute approximate surface area is 168 Å². The van der Waals surface area contributed by atoms with Gasteiger partial charge in [0.2, 0.25) is 0 Å². The molecule has 6 heteroatoms. The van der Waals surface area contributed by atoms with Crippen LogP contribution in [0.5, 0.6) is 0 Å². The molecule has 0 radical (unpaired) electrons. The zero-order chi connectivity index (χ0) is 19.7. The van der Waals surface area contributed by atoms with Gasteiger partial charge in [0.15, 0.2) is 0 Å². The second kappa shape index (κ2) is 7.76. The number of halogens is 1. The van der Waals surface area contributed by atoms with Crippen LogP contribution in [0.25, 0.3) is 0 Å². The molecule has 0 aromatic heterocycles. The van der Waals surface area contributed by atoms with Gasteiger partial charge in [-0.05, 0) is 61.2 Å². The Morgan fingerprint density at radius 3 is 2.36 bits per heavy atom. The minimum absolute atomic E-state index is 0.215. The average Bonchev–Trinajstić information content (AvgIpc) is 2.97. The molecular formula is C22H20ClNO4. The predicted molar refractivity (Wildman–Crippen MR) is 106 cm³/mol. The van der Waals surface area contributed by atoms with Crippen molar-refractivity contribution in [1.29, 1.82) is 0 Å². The van der Waals surface area contributed by atoms with E-state index in [-0.39, 0.29) is 16.7 Å². The molecule has 1 aliphatic carbocycles. The van der Waals surface area contributed by atoms with Crippen LogP contribution in [0.4, 0.5) is 5.69 Å². The Kier molecular flexibility index (Phi) is 5.18. The topological polar surface area (TPSA) is 63.7 Å². The highest BCUT2D eigenvalue weighted by Gasteiger charge is 2.37. The summed E-state index contributed by atoms with van der Waals surface area (Å²) < 4.78 is 5.45. The molecule has 2 aliphatic rings. The molecule has 0 unspecified atom stereocenters. The molecule has 1 heterocycles. The average molecular weight is 398 g/mol. The molecule has 0 spiro atoms. The van der Waals surface area contributed by atoms with Gasteiger partial charge >= 0.3 is 5.97 Å². The summed E-state index contributed by atoms with van der Waals surface area (Å²) in [6.07, 6.45) is 5.77. The van der Waals surface area contributed by atoms with Crippen molar-refractivity contribution in [2.24, 2.45) is 5.92 Å². The maximum atomic E-state index is 12.8. The molecular weight excluding hydrogens is 378 g/mol. The van der Waals surface area contributed by atoms with Crippen molar-refractivity contribution < 1.29 is 19.1 Å². The molecule has 2 aromatic carbocycles. The Morgan fingerprint density at radius 1 is 0.964 bits per heavy atom. The molecule has 0 bridgehead atoms. The number of benzene rings is 2. The van der Waals surface area contributed by atoms with Crippen LogP contribution in [0.15, 0.2) is 42.5 Å². The molecule has 5 nitrogen and oxygen atoms in total. The van der Waals surface area contributed by atoms with Gasteiger partial charge in [-0.1, -0.05) is 30.9 Å². The van der Waals surface area contributed by atoms with Gasteiger partial charge in [0.25, 0.3) is 11.8 Å². The molecule has 0 atom stereocenters. The SMILES string of the molecule is O=C(OCC1CCCCC1)c1ccc2c(c1)C(=O)N(c1ccc(Cl)cc1)C2=O. The minimum Gasteiger partial charge on any atom is -0.462 e. The Hall–Kier alpha value is -2.66. The number of hydrogen-bond acceptors (Lipinski definition) is 4. The molecule has 1 saturated carbocycles. The third kappa shape index (κ3) is 3.54. The highest BCUT2D eigenvalue weighted by molar-refractivity contribution is 6.35. The Balaban J connectivity index is 1.51. The van der Waals surface area contributed by atoms with Crippen molar-refractivity contribution in [2.45, 2.75) is 32.1 Å². The Morgan fingerprint density at radius 2 is 1.64 bits per heavy atom. The number of esters is 1. The molecule has 1 fully saturated rings. The first-order valence-corrected chi connectivity index (χ1v) is 9.88. The van der Waals surface area contributed by atoms with E-state index in [2.05, 4.69) is 0 Å². The lowest BCUT2D eigenvalue weighted by atomic mass is 9.90. The van der Waals surface area contributed by atoms with Gasteiger partial charge in [-0.3, -0.25) is 9.59 Å². The first-order chi connectivity index (χ1) is 13.5. The predicted octanol–water partition coefficient (Wildman–Crippen LogP) is 4.88. The number of imide groups is 1.